The Morgan fingerprint density at radius 1 is 1.14 bits per heavy atom. The highest BCUT2D eigenvalue weighted by Gasteiger charge is 2.37. The Kier molecular flexibility index (Phi) is 10.2. The predicted octanol–water partition coefficient (Wildman–Crippen LogP) is 4.45. The van der Waals surface area contributed by atoms with E-state index in [1.165, 1.54) is 17.0 Å². The van der Waals surface area contributed by atoms with E-state index in [-0.39, 0.29) is 30.2 Å². The number of hydrogen-bond acceptors (Lipinski definition) is 5. The van der Waals surface area contributed by atoms with Crippen LogP contribution in [0.1, 0.15) is 78.3 Å². The summed E-state index contributed by atoms with van der Waals surface area (Å²) in [5, 5.41) is 15.6. The molecular weight excluding hydrogens is 446 g/mol. The summed E-state index contributed by atoms with van der Waals surface area (Å²) < 4.78 is 5.37. The topological polar surface area (TPSA) is 108 Å². The molecule has 0 radical (unpaired) electrons. The maximum atomic E-state index is 13.8. The number of phenols is 1. The van der Waals surface area contributed by atoms with Crippen LogP contribution in [0, 0.1) is 5.92 Å². The lowest BCUT2D eigenvalue weighted by Crippen LogP contribution is -2.55. The van der Waals surface area contributed by atoms with E-state index in [0.29, 0.717) is 5.56 Å². The maximum absolute atomic E-state index is 13.8. The van der Waals surface area contributed by atoms with Gasteiger partial charge in [-0.2, -0.15) is 0 Å². The average Bonchev–Trinajstić information content (AvgIpc) is 2.77. The third-order valence-corrected chi connectivity index (χ3v) is 5.93. The van der Waals surface area contributed by atoms with Crippen molar-refractivity contribution >= 4 is 17.9 Å². The van der Waals surface area contributed by atoms with E-state index in [1.54, 1.807) is 39.0 Å². The third kappa shape index (κ3) is 8.60. The predicted molar refractivity (Wildman–Crippen MR) is 136 cm³/mol. The second-order valence-electron chi connectivity index (χ2n) is 10.5. The van der Waals surface area contributed by atoms with Crippen LogP contribution >= 0.6 is 0 Å². The Morgan fingerprint density at radius 2 is 1.74 bits per heavy atom. The summed E-state index contributed by atoms with van der Waals surface area (Å²) in [7, 11) is 0. The lowest BCUT2D eigenvalue weighted by atomic mass is 9.94. The largest absolute Gasteiger partial charge is 0.508 e. The standard InChI is InChI=1S/C27H41N3O5/c1-7-17-30(25(33)22(18(2)3)29-26(34)35-27(4,5)6)23(19-13-15-21(31)16-14-19)24(32)28-20-11-9-8-10-12-20/h7,13-16,18,20,22-23,31H,1,8-12,17H2,2-6H3,(H,28,32)(H,29,34). The molecule has 8 heteroatoms. The number of ether oxygens (including phenoxy) is 1. The van der Waals surface area contributed by atoms with Crippen molar-refractivity contribution in [3.8, 4) is 5.75 Å². The lowest BCUT2D eigenvalue weighted by Gasteiger charge is -2.36. The molecule has 8 nitrogen and oxygen atoms in total. The first kappa shape index (κ1) is 28.2. The van der Waals surface area contributed by atoms with Crippen LogP contribution in [0.25, 0.3) is 0 Å². The van der Waals surface area contributed by atoms with Crippen molar-refractivity contribution in [2.45, 2.75) is 90.4 Å². The van der Waals surface area contributed by atoms with E-state index in [1.807, 2.05) is 13.8 Å². The Balaban J connectivity index is 2.39. The van der Waals surface area contributed by atoms with E-state index in [9.17, 15) is 19.5 Å². The molecular formula is C27H41N3O5. The second-order valence-corrected chi connectivity index (χ2v) is 10.5. The highest BCUT2D eigenvalue weighted by atomic mass is 16.6. The zero-order valence-corrected chi connectivity index (χ0v) is 21.7. The molecule has 1 aromatic rings. The minimum atomic E-state index is -0.954. The first-order chi connectivity index (χ1) is 16.4. The second kappa shape index (κ2) is 12.6. The first-order valence-corrected chi connectivity index (χ1v) is 12.4. The smallest absolute Gasteiger partial charge is 0.408 e. The van der Waals surface area contributed by atoms with Crippen molar-refractivity contribution < 1.29 is 24.2 Å². The number of nitrogens with one attached hydrogen (secondary N) is 2. The van der Waals surface area contributed by atoms with Gasteiger partial charge in [0.15, 0.2) is 0 Å². The number of aromatic hydroxyl groups is 1. The summed E-state index contributed by atoms with van der Waals surface area (Å²) in [5.74, 6) is -0.905. The van der Waals surface area contributed by atoms with Crippen LogP contribution in [-0.2, 0) is 14.3 Å². The Morgan fingerprint density at radius 3 is 2.26 bits per heavy atom. The van der Waals surface area contributed by atoms with Gasteiger partial charge in [-0.15, -0.1) is 6.58 Å². The van der Waals surface area contributed by atoms with Crippen LogP contribution in [-0.4, -0.2) is 52.1 Å². The molecule has 1 aliphatic rings. The highest BCUT2D eigenvalue weighted by Crippen LogP contribution is 2.27. The summed E-state index contributed by atoms with van der Waals surface area (Å²) >= 11 is 0. The molecule has 2 atom stereocenters. The molecule has 2 unspecified atom stereocenters. The Labute approximate surface area is 209 Å². The molecule has 1 saturated carbocycles. The zero-order chi connectivity index (χ0) is 26.2. The maximum Gasteiger partial charge on any atom is 0.408 e. The molecule has 3 amide bonds. The van der Waals surface area contributed by atoms with E-state index in [2.05, 4.69) is 17.2 Å². The summed E-state index contributed by atoms with van der Waals surface area (Å²) in [6.07, 6.45) is 5.93. The molecule has 194 valence electrons. The molecule has 1 aromatic carbocycles. The van der Waals surface area contributed by atoms with Crippen LogP contribution in [0.5, 0.6) is 5.75 Å². The molecule has 0 bridgehead atoms. The molecule has 1 fully saturated rings. The van der Waals surface area contributed by atoms with Crippen molar-refractivity contribution in [3.05, 3.63) is 42.5 Å². The third-order valence-electron chi connectivity index (χ3n) is 5.93. The van der Waals surface area contributed by atoms with E-state index in [0.717, 1.165) is 32.1 Å². The van der Waals surface area contributed by atoms with Gasteiger partial charge in [-0.3, -0.25) is 9.59 Å². The number of benzene rings is 1. The zero-order valence-electron chi connectivity index (χ0n) is 21.7. The van der Waals surface area contributed by atoms with E-state index in [4.69, 9.17) is 4.74 Å². The summed E-state index contributed by atoms with van der Waals surface area (Å²) in [6.45, 7) is 12.8. The number of alkyl carbamates (subject to hydrolysis) is 1. The van der Waals surface area contributed by atoms with Gasteiger partial charge in [-0.1, -0.05) is 51.3 Å². The van der Waals surface area contributed by atoms with Crippen molar-refractivity contribution in [1.82, 2.24) is 15.5 Å². The number of phenolic OH excluding ortho intramolecular Hbond substituents is 1. The minimum absolute atomic E-state index is 0.0531. The van der Waals surface area contributed by atoms with Crippen molar-refractivity contribution in [3.63, 3.8) is 0 Å². The van der Waals surface area contributed by atoms with Crippen LogP contribution in [0.15, 0.2) is 36.9 Å². The van der Waals surface area contributed by atoms with E-state index >= 15 is 0 Å². The monoisotopic (exact) mass is 487 g/mol. The molecule has 2 rings (SSSR count). The molecule has 0 saturated heterocycles. The SMILES string of the molecule is C=CCN(C(=O)C(NC(=O)OC(C)(C)C)C(C)C)C(C(=O)NC1CCCCC1)c1ccc(O)cc1. The fraction of sp³-hybridized carbons (Fsp3) is 0.593. The van der Waals surface area contributed by atoms with Crippen LogP contribution in [0.4, 0.5) is 4.79 Å². The Bertz CT molecular complexity index is 870. The normalized spacial score (nSPS) is 16.2. The number of nitrogens with zero attached hydrogens (tertiary/aromatic N) is 1. The van der Waals surface area contributed by atoms with E-state index < -0.39 is 29.7 Å². The Hall–Kier alpha value is -3.03. The van der Waals surface area contributed by atoms with Crippen molar-refractivity contribution in [1.29, 1.82) is 0 Å². The van der Waals surface area contributed by atoms with Crippen LogP contribution < -0.4 is 10.6 Å². The number of hydrogen-bond donors (Lipinski definition) is 3. The molecule has 0 spiro atoms. The first-order valence-electron chi connectivity index (χ1n) is 12.4. The molecule has 35 heavy (non-hydrogen) atoms. The fourth-order valence-corrected chi connectivity index (χ4v) is 4.24. The lowest BCUT2D eigenvalue weighted by molar-refractivity contribution is -0.143. The summed E-state index contributed by atoms with van der Waals surface area (Å²) in [4.78, 5) is 41.4. The van der Waals surface area contributed by atoms with Gasteiger partial charge in [0.2, 0.25) is 11.8 Å². The van der Waals surface area contributed by atoms with Gasteiger partial charge in [0.05, 0.1) is 0 Å². The van der Waals surface area contributed by atoms with Gasteiger partial charge in [-0.25, -0.2) is 4.79 Å². The fourth-order valence-electron chi connectivity index (χ4n) is 4.24. The highest BCUT2D eigenvalue weighted by molar-refractivity contribution is 5.92. The van der Waals surface area contributed by atoms with Crippen molar-refractivity contribution in [2.24, 2.45) is 5.92 Å². The van der Waals surface area contributed by atoms with Gasteiger partial charge in [-0.05, 0) is 57.2 Å². The van der Waals surface area contributed by atoms with Crippen LogP contribution in [0.3, 0.4) is 0 Å². The molecule has 0 aliphatic heterocycles. The molecule has 1 aliphatic carbocycles. The molecule has 0 heterocycles. The summed E-state index contributed by atoms with van der Waals surface area (Å²) in [6, 6.07) is 4.44. The van der Waals surface area contributed by atoms with Crippen LogP contribution in [0.2, 0.25) is 0 Å². The average molecular weight is 488 g/mol. The quantitative estimate of drug-likeness (QED) is 0.446. The van der Waals surface area contributed by atoms with Gasteiger partial charge in [0, 0.05) is 12.6 Å². The number of carbonyl (C=O) groups excluding carboxylic acids is 3. The molecule has 0 aromatic heterocycles. The number of carbonyl (C=O) groups is 3. The van der Waals surface area contributed by atoms with Crippen molar-refractivity contribution in [2.75, 3.05) is 6.54 Å². The minimum Gasteiger partial charge on any atom is -0.508 e. The van der Waals surface area contributed by atoms with Gasteiger partial charge < -0.3 is 25.4 Å². The number of rotatable bonds is 9. The summed E-state index contributed by atoms with van der Waals surface area (Å²) in [5.41, 5.74) is -0.157. The van der Waals surface area contributed by atoms with Gasteiger partial charge in [0.1, 0.15) is 23.4 Å². The number of amides is 3. The van der Waals surface area contributed by atoms with Gasteiger partial charge in [0.25, 0.3) is 0 Å². The van der Waals surface area contributed by atoms with Gasteiger partial charge >= 0.3 is 6.09 Å². The molecule has 3 N–H and O–H groups in total.